The predicted molar refractivity (Wildman–Crippen MR) is 112 cm³/mol. The highest BCUT2D eigenvalue weighted by atomic mass is 79.9. The van der Waals surface area contributed by atoms with Crippen molar-refractivity contribution in [2.75, 3.05) is 24.3 Å². The van der Waals surface area contributed by atoms with Crippen molar-refractivity contribution in [1.29, 1.82) is 0 Å². The number of fused-ring (bicyclic) bond motifs is 1. The standard InChI is InChI=1S/C20H20BrNO7S/c1-13(20(24)22-15-4-2-14(21)3-5-15)29-19(23)8-11-30(25,26)16-6-7-17-18(12-16)28-10-9-27-17/h2-7,12-13H,8-11H2,1H3,(H,22,24)/t13-/m1/s1. The van der Waals surface area contributed by atoms with Crippen LogP contribution in [-0.4, -0.2) is 45.4 Å². The Morgan fingerprint density at radius 1 is 1.10 bits per heavy atom. The van der Waals surface area contributed by atoms with Crippen molar-refractivity contribution in [3.8, 4) is 11.5 Å². The Morgan fingerprint density at radius 2 is 1.77 bits per heavy atom. The molecule has 10 heteroatoms. The smallest absolute Gasteiger partial charge is 0.307 e. The maximum Gasteiger partial charge on any atom is 0.307 e. The van der Waals surface area contributed by atoms with Crippen molar-refractivity contribution in [3.05, 3.63) is 46.9 Å². The number of hydrogen-bond acceptors (Lipinski definition) is 7. The average molecular weight is 498 g/mol. The first kappa shape index (κ1) is 22.1. The minimum Gasteiger partial charge on any atom is -0.486 e. The van der Waals surface area contributed by atoms with Gasteiger partial charge in [0.2, 0.25) is 0 Å². The van der Waals surface area contributed by atoms with E-state index in [9.17, 15) is 18.0 Å². The summed E-state index contributed by atoms with van der Waals surface area (Å²) in [6.07, 6.45) is -1.45. The third kappa shape index (κ3) is 5.73. The molecule has 30 heavy (non-hydrogen) atoms. The highest BCUT2D eigenvalue weighted by Crippen LogP contribution is 2.32. The Hall–Kier alpha value is -2.59. The molecule has 1 N–H and O–H groups in total. The molecule has 1 aliphatic rings. The van der Waals surface area contributed by atoms with Crippen molar-refractivity contribution in [2.24, 2.45) is 0 Å². The summed E-state index contributed by atoms with van der Waals surface area (Å²) in [7, 11) is -3.74. The van der Waals surface area contributed by atoms with Crippen LogP contribution in [0.15, 0.2) is 51.8 Å². The third-order valence-electron chi connectivity index (χ3n) is 4.24. The number of sulfone groups is 1. The second-order valence-corrected chi connectivity index (χ2v) is 9.53. The lowest BCUT2D eigenvalue weighted by atomic mass is 10.3. The first-order chi connectivity index (χ1) is 14.2. The molecule has 160 valence electrons. The number of carbonyl (C=O) groups excluding carboxylic acids is 2. The van der Waals surface area contributed by atoms with Crippen LogP contribution in [0, 0.1) is 0 Å². The number of anilines is 1. The van der Waals surface area contributed by atoms with Crippen LogP contribution in [0.25, 0.3) is 0 Å². The number of carbonyl (C=O) groups is 2. The first-order valence-corrected chi connectivity index (χ1v) is 11.6. The van der Waals surface area contributed by atoms with Gasteiger partial charge in [0.05, 0.1) is 17.1 Å². The monoisotopic (exact) mass is 497 g/mol. The van der Waals surface area contributed by atoms with Crippen molar-refractivity contribution < 1.29 is 32.2 Å². The predicted octanol–water partition coefficient (Wildman–Crippen LogP) is 2.95. The second kappa shape index (κ2) is 9.48. The highest BCUT2D eigenvalue weighted by molar-refractivity contribution is 9.10. The number of esters is 1. The summed E-state index contributed by atoms with van der Waals surface area (Å²) >= 11 is 3.30. The van der Waals surface area contributed by atoms with E-state index < -0.39 is 33.6 Å². The first-order valence-electron chi connectivity index (χ1n) is 9.13. The largest absolute Gasteiger partial charge is 0.486 e. The van der Waals surface area contributed by atoms with Crippen LogP contribution in [0.5, 0.6) is 11.5 Å². The summed E-state index contributed by atoms with van der Waals surface area (Å²) < 4.78 is 41.7. The molecule has 1 heterocycles. The molecule has 0 radical (unpaired) electrons. The molecule has 3 rings (SSSR count). The third-order valence-corrected chi connectivity index (χ3v) is 6.48. The summed E-state index contributed by atoms with van der Waals surface area (Å²) in [6.45, 7) is 2.16. The molecule has 0 saturated heterocycles. The van der Waals surface area contributed by atoms with E-state index in [-0.39, 0.29) is 11.3 Å². The molecule has 1 atom stereocenters. The lowest BCUT2D eigenvalue weighted by Crippen LogP contribution is -2.30. The van der Waals surface area contributed by atoms with Crippen molar-refractivity contribution in [2.45, 2.75) is 24.3 Å². The summed E-state index contributed by atoms with van der Waals surface area (Å²) in [5, 5.41) is 2.62. The molecule has 0 aliphatic carbocycles. The van der Waals surface area contributed by atoms with Gasteiger partial charge in [0.15, 0.2) is 27.4 Å². The van der Waals surface area contributed by atoms with Gasteiger partial charge in [-0.15, -0.1) is 0 Å². The van der Waals surface area contributed by atoms with Crippen LogP contribution in [-0.2, 0) is 24.2 Å². The van der Waals surface area contributed by atoms with E-state index in [4.69, 9.17) is 14.2 Å². The summed E-state index contributed by atoms with van der Waals surface area (Å²) in [6, 6.07) is 11.2. The molecule has 1 aliphatic heterocycles. The Morgan fingerprint density at radius 3 is 2.47 bits per heavy atom. The zero-order valence-electron chi connectivity index (χ0n) is 16.1. The molecule has 0 unspecified atom stereocenters. The van der Waals surface area contributed by atoms with Gasteiger partial charge >= 0.3 is 5.97 Å². The van der Waals surface area contributed by atoms with E-state index in [1.165, 1.54) is 25.1 Å². The van der Waals surface area contributed by atoms with E-state index in [1.807, 2.05) is 0 Å². The summed E-state index contributed by atoms with van der Waals surface area (Å²) in [4.78, 5) is 24.2. The van der Waals surface area contributed by atoms with E-state index in [2.05, 4.69) is 21.2 Å². The van der Waals surface area contributed by atoms with Crippen LogP contribution >= 0.6 is 15.9 Å². The molecule has 2 aromatic rings. The maximum absolute atomic E-state index is 12.5. The Labute approximate surface area is 182 Å². The van der Waals surface area contributed by atoms with Gasteiger partial charge in [0.25, 0.3) is 5.91 Å². The Bertz CT molecular complexity index is 1040. The topological polar surface area (TPSA) is 108 Å². The van der Waals surface area contributed by atoms with E-state index in [0.29, 0.717) is 30.4 Å². The molecule has 0 bridgehead atoms. The fraction of sp³-hybridized carbons (Fsp3) is 0.300. The second-order valence-electron chi connectivity index (χ2n) is 6.50. The van der Waals surface area contributed by atoms with Crippen molar-refractivity contribution >= 4 is 43.3 Å². The zero-order valence-corrected chi connectivity index (χ0v) is 18.5. The van der Waals surface area contributed by atoms with Crippen LogP contribution in [0.1, 0.15) is 13.3 Å². The van der Waals surface area contributed by atoms with E-state index in [0.717, 1.165) is 4.47 Å². The summed E-state index contributed by atoms with van der Waals surface area (Å²) in [5.41, 5.74) is 0.548. The number of benzene rings is 2. The molecule has 1 amide bonds. The van der Waals surface area contributed by atoms with Gasteiger partial charge in [-0.2, -0.15) is 0 Å². The van der Waals surface area contributed by atoms with Crippen LogP contribution < -0.4 is 14.8 Å². The number of halogens is 1. The van der Waals surface area contributed by atoms with Gasteiger partial charge in [-0.1, -0.05) is 15.9 Å². The molecule has 2 aromatic carbocycles. The van der Waals surface area contributed by atoms with Crippen molar-refractivity contribution in [1.82, 2.24) is 0 Å². The van der Waals surface area contributed by atoms with Gasteiger partial charge in [0, 0.05) is 16.2 Å². The van der Waals surface area contributed by atoms with Crippen LogP contribution in [0.2, 0.25) is 0 Å². The van der Waals surface area contributed by atoms with Gasteiger partial charge in [0.1, 0.15) is 13.2 Å². The quantitative estimate of drug-likeness (QED) is 0.585. The van der Waals surface area contributed by atoms with Gasteiger partial charge in [-0.05, 0) is 43.3 Å². The Balaban J connectivity index is 1.52. The fourth-order valence-electron chi connectivity index (χ4n) is 2.64. The minimum atomic E-state index is -3.74. The minimum absolute atomic E-state index is 0.0283. The number of nitrogens with one attached hydrogen (secondary N) is 1. The fourth-order valence-corrected chi connectivity index (χ4v) is 4.14. The molecular weight excluding hydrogens is 478 g/mol. The number of hydrogen-bond donors (Lipinski definition) is 1. The molecule has 0 fully saturated rings. The van der Waals surface area contributed by atoms with Crippen LogP contribution in [0.3, 0.4) is 0 Å². The normalized spacial score (nSPS) is 13.9. The Kier molecular flexibility index (Phi) is 6.99. The molecule has 0 saturated carbocycles. The maximum atomic E-state index is 12.5. The highest BCUT2D eigenvalue weighted by Gasteiger charge is 2.23. The number of amides is 1. The van der Waals surface area contributed by atoms with E-state index in [1.54, 1.807) is 24.3 Å². The SMILES string of the molecule is C[C@@H](OC(=O)CCS(=O)(=O)c1ccc2c(c1)OCCO2)C(=O)Nc1ccc(Br)cc1. The number of ether oxygens (including phenoxy) is 3. The van der Waals surface area contributed by atoms with E-state index >= 15 is 0 Å². The van der Waals surface area contributed by atoms with Gasteiger partial charge in [-0.3, -0.25) is 9.59 Å². The van der Waals surface area contributed by atoms with Gasteiger partial charge in [-0.25, -0.2) is 8.42 Å². The zero-order chi connectivity index (χ0) is 21.7. The van der Waals surface area contributed by atoms with Gasteiger partial charge < -0.3 is 19.5 Å². The molecule has 8 nitrogen and oxygen atoms in total. The summed E-state index contributed by atoms with van der Waals surface area (Å²) in [5.74, 6) is -0.921. The number of rotatable bonds is 7. The lowest BCUT2D eigenvalue weighted by molar-refractivity contribution is -0.152. The van der Waals surface area contributed by atoms with Crippen molar-refractivity contribution in [3.63, 3.8) is 0 Å². The molecular formula is C20H20BrNO7S. The molecule has 0 aromatic heterocycles. The average Bonchev–Trinajstić information content (AvgIpc) is 2.73. The van der Waals surface area contributed by atoms with Crippen LogP contribution in [0.4, 0.5) is 5.69 Å². The lowest BCUT2D eigenvalue weighted by Gasteiger charge is -2.18. The molecule has 0 spiro atoms.